The highest BCUT2D eigenvalue weighted by Crippen LogP contribution is 2.41. The quantitative estimate of drug-likeness (QED) is 0.845. The van der Waals surface area contributed by atoms with Crippen LogP contribution in [0.4, 0.5) is 0 Å². The highest BCUT2D eigenvalue weighted by Gasteiger charge is 2.26. The van der Waals surface area contributed by atoms with Crippen LogP contribution < -0.4 is 19.9 Å². The molecule has 4 nitrogen and oxygen atoms in total. The van der Waals surface area contributed by atoms with Crippen LogP contribution in [0.1, 0.15) is 25.8 Å². The van der Waals surface area contributed by atoms with Gasteiger partial charge in [-0.15, -0.1) is 0 Å². The maximum absolute atomic E-state index is 5.89. The van der Waals surface area contributed by atoms with Gasteiger partial charge in [-0.3, -0.25) is 0 Å². The standard InChI is InChI=1S/C14H23NO3/c1-6-14(2,9-15)10-7-11(16-3)13(18-5)12(8-10)17-4/h7-8H,6,9,15H2,1-5H3. The number of ether oxygens (including phenoxy) is 3. The predicted molar refractivity (Wildman–Crippen MR) is 72.8 cm³/mol. The molecule has 1 atom stereocenters. The van der Waals surface area contributed by atoms with Crippen molar-refractivity contribution in [2.45, 2.75) is 25.7 Å². The molecule has 0 bridgehead atoms. The molecule has 0 aliphatic heterocycles. The fourth-order valence-electron chi connectivity index (χ4n) is 1.90. The minimum absolute atomic E-state index is 0.0904. The maximum Gasteiger partial charge on any atom is 0.203 e. The molecule has 1 aromatic carbocycles. The topological polar surface area (TPSA) is 53.7 Å². The Balaban J connectivity index is 3.39. The fraction of sp³-hybridized carbons (Fsp3) is 0.571. The Morgan fingerprint density at radius 1 is 1.06 bits per heavy atom. The second kappa shape index (κ2) is 5.96. The smallest absolute Gasteiger partial charge is 0.203 e. The van der Waals surface area contributed by atoms with E-state index in [1.54, 1.807) is 21.3 Å². The first-order valence-corrected chi connectivity index (χ1v) is 6.06. The third-order valence-corrected chi connectivity index (χ3v) is 3.59. The van der Waals surface area contributed by atoms with Crippen molar-refractivity contribution in [3.8, 4) is 17.2 Å². The monoisotopic (exact) mass is 253 g/mol. The van der Waals surface area contributed by atoms with Crippen LogP contribution in [-0.4, -0.2) is 27.9 Å². The molecule has 0 spiro atoms. The molecule has 0 aliphatic carbocycles. The molecule has 1 unspecified atom stereocenters. The summed E-state index contributed by atoms with van der Waals surface area (Å²) in [5.41, 5.74) is 6.90. The van der Waals surface area contributed by atoms with Crippen LogP contribution in [0.25, 0.3) is 0 Å². The zero-order chi connectivity index (χ0) is 13.8. The van der Waals surface area contributed by atoms with Crippen LogP contribution in [-0.2, 0) is 5.41 Å². The Kier molecular flexibility index (Phi) is 4.84. The van der Waals surface area contributed by atoms with Crippen molar-refractivity contribution in [2.24, 2.45) is 5.73 Å². The summed E-state index contributed by atoms with van der Waals surface area (Å²) in [5.74, 6) is 1.94. The first-order valence-electron chi connectivity index (χ1n) is 6.06. The first-order chi connectivity index (χ1) is 8.56. The van der Waals surface area contributed by atoms with Crippen LogP contribution in [0.5, 0.6) is 17.2 Å². The van der Waals surface area contributed by atoms with Gasteiger partial charge in [0, 0.05) is 12.0 Å². The summed E-state index contributed by atoms with van der Waals surface area (Å²) in [6.45, 7) is 4.83. The summed E-state index contributed by atoms with van der Waals surface area (Å²) in [6.07, 6.45) is 0.947. The lowest BCUT2D eigenvalue weighted by Crippen LogP contribution is -2.31. The molecule has 0 fully saturated rings. The summed E-state index contributed by atoms with van der Waals surface area (Å²) >= 11 is 0. The third kappa shape index (κ3) is 2.53. The van der Waals surface area contributed by atoms with Gasteiger partial charge in [0.05, 0.1) is 21.3 Å². The van der Waals surface area contributed by atoms with Gasteiger partial charge in [-0.2, -0.15) is 0 Å². The zero-order valence-corrected chi connectivity index (χ0v) is 11.9. The van der Waals surface area contributed by atoms with Crippen molar-refractivity contribution >= 4 is 0 Å². The highest BCUT2D eigenvalue weighted by molar-refractivity contribution is 5.55. The molecule has 0 saturated heterocycles. The molecule has 1 aromatic rings. The zero-order valence-electron chi connectivity index (χ0n) is 11.9. The summed E-state index contributed by atoms with van der Waals surface area (Å²) in [5, 5.41) is 0. The lowest BCUT2D eigenvalue weighted by Gasteiger charge is -2.28. The molecule has 2 N–H and O–H groups in total. The predicted octanol–water partition coefficient (Wildman–Crippen LogP) is 2.34. The lowest BCUT2D eigenvalue weighted by atomic mass is 9.80. The van der Waals surface area contributed by atoms with E-state index in [-0.39, 0.29) is 5.41 Å². The van der Waals surface area contributed by atoms with Crippen LogP contribution in [0.3, 0.4) is 0 Å². The van der Waals surface area contributed by atoms with Crippen LogP contribution in [0.2, 0.25) is 0 Å². The third-order valence-electron chi connectivity index (χ3n) is 3.59. The maximum atomic E-state index is 5.89. The summed E-state index contributed by atoms with van der Waals surface area (Å²) in [7, 11) is 4.83. The van der Waals surface area contributed by atoms with Crippen molar-refractivity contribution in [1.29, 1.82) is 0 Å². The Labute approximate surface area is 109 Å². The van der Waals surface area contributed by atoms with Gasteiger partial charge in [0.25, 0.3) is 0 Å². The van der Waals surface area contributed by atoms with Gasteiger partial charge in [-0.1, -0.05) is 13.8 Å². The molecule has 18 heavy (non-hydrogen) atoms. The summed E-state index contributed by atoms with van der Waals surface area (Å²) < 4.78 is 16.0. The minimum Gasteiger partial charge on any atom is -0.493 e. The van der Waals surface area contributed by atoms with Gasteiger partial charge >= 0.3 is 0 Å². The van der Waals surface area contributed by atoms with Crippen LogP contribution in [0.15, 0.2) is 12.1 Å². The average Bonchev–Trinajstić information content (AvgIpc) is 2.44. The second-order valence-electron chi connectivity index (χ2n) is 4.53. The summed E-state index contributed by atoms with van der Waals surface area (Å²) in [4.78, 5) is 0. The van der Waals surface area contributed by atoms with E-state index in [1.807, 2.05) is 12.1 Å². The van der Waals surface area contributed by atoms with Crippen molar-refractivity contribution in [1.82, 2.24) is 0 Å². The Bertz CT molecular complexity index is 375. The lowest BCUT2D eigenvalue weighted by molar-refractivity contribution is 0.321. The van der Waals surface area contributed by atoms with Gasteiger partial charge in [0.2, 0.25) is 5.75 Å². The number of hydrogen-bond donors (Lipinski definition) is 1. The number of benzene rings is 1. The van der Waals surface area contributed by atoms with E-state index < -0.39 is 0 Å². The SMILES string of the molecule is CCC(C)(CN)c1cc(OC)c(OC)c(OC)c1. The van der Waals surface area contributed by atoms with Crippen molar-refractivity contribution in [2.75, 3.05) is 27.9 Å². The van der Waals surface area contributed by atoms with E-state index in [0.717, 1.165) is 12.0 Å². The normalized spacial score (nSPS) is 13.9. The van der Waals surface area contributed by atoms with E-state index in [0.29, 0.717) is 23.8 Å². The van der Waals surface area contributed by atoms with Gasteiger partial charge in [0.1, 0.15) is 0 Å². The molecular formula is C14H23NO3. The molecule has 0 saturated carbocycles. The van der Waals surface area contributed by atoms with Crippen molar-refractivity contribution in [3.63, 3.8) is 0 Å². The molecule has 4 heteroatoms. The van der Waals surface area contributed by atoms with E-state index in [2.05, 4.69) is 13.8 Å². The number of rotatable bonds is 6. The molecule has 102 valence electrons. The van der Waals surface area contributed by atoms with Crippen LogP contribution >= 0.6 is 0 Å². The van der Waals surface area contributed by atoms with E-state index in [9.17, 15) is 0 Å². The van der Waals surface area contributed by atoms with Crippen molar-refractivity contribution in [3.05, 3.63) is 17.7 Å². The van der Waals surface area contributed by atoms with E-state index in [1.165, 1.54) is 0 Å². The largest absolute Gasteiger partial charge is 0.493 e. The second-order valence-corrected chi connectivity index (χ2v) is 4.53. The van der Waals surface area contributed by atoms with Crippen LogP contribution in [0, 0.1) is 0 Å². The molecule has 0 amide bonds. The first kappa shape index (κ1) is 14.6. The molecular weight excluding hydrogens is 230 g/mol. The Hall–Kier alpha value is -1.42. The Morgan fingerprint density at radius 3 is 1.83 bits per heavy atom. The van der Waals surface area contributed by atoms with Gasteiger partial charge in [-0.05, 0) is 24.1 Å². The number of methoxy groups -OCH3 is 3. The number of hydrogen-bond acceptors (Lipinski definition) is 4. The fourth-order valence-corrected chi connectivity index (χ4v) is 1.90. The van der Waals surface area contributed by atoms with E-state index >= 15 is 0 Å². The van der Waals surface area contributed by atoms with E-state index in [4.69, 9.17) is 19.9 Å². The average molecular weight is 253 g/mol. The number of nitrogens with two attached hydrogens (primary N) is 1. The Morgan fingerprint density at radius 2 is 1.56 bits per heavy atom. The molecule has 0 aromatic heterocycles. The highest BCUT2D eigenvalue weighted by atomic mass is 16.5. The minimum atomic E-state index is -0.0904. The molecule has 1 rings (SSSR count). The van der Waals surface area contributed by atoms with Gasteiger partial charge < -0.3 is 19.9 Å². The van der Waals surface area contributed by atoms with Crippen molar-refractivity contribution < 1.29 is 14.2 Å². The van der Waals surface area contributed by atoms with Gasteiger partial charge in [0.15, 0.2) is 11.5 Å². The molecule has 0 heterocycles. The molecule has 0 radical (unpaired) electrons. The summed E-state index contributed by atoms with van der Waals surface area (Å²) in [6, 6.07) is 3.94. The molecule has 0 aliphatic rings. The van der Waals surface area contributed by atoms with Gasteiger partial charge in [-0.25, -0.2) is 0 Å².